The van der Waals surface area contributed by atoms with Gasteiger partial charge in [0.25, 0.3) is 0 Å². The third kappa shape index (κ3) is 4.38. The molecule has 1 N–H and O–H groups in total. The summed E-state index contributed by atoms with van der Waals surface area (Å²) in [5.74, 6) is -0.552. The van der Waals surface area contributed by atoms with Crippen LogP contribution in [0.1, 0.15) is 24.0 Å². The van der Waals surface area contributed by atoms with Crippen molar-refractivity contribution in [3.63, 3.8) is 0 Å². The largest absolute Gasteiger partial charge is 0.372 e. The number of nitrogens with zero attached hydrogens (tertiary/aromatic N) is 1. The molecule has 0 aliphatic carbocycles. The van der Waals surface area contributed by atoms with Crippen LogP contribution in [-0.2, 0) is 16.4 Å². The minimum atomic E-state index is -3.70. The monoisotopic (exact) mass is 362 g/mol. The molecule has 0 unspecified atom stereocenters. The van der Waals surface area contributed by atoms with Crippen LogP contribution in [0.4, 0.5) is 10.1 Å². The molecule has 2 aromatic rings. The van der Waals surface area contributed by atoms with Crippen LogP contribution in [0.15, 0.2) is 47.4 Å². The van der Waals surface area contributed by atoms with Gasteiger partial charge < -0.3 is 4.90 Å². The third-order valence-corrected chi connectivity index (χ3v) is 6.16. The number of anilines is 1. The van der Waals surface area contributed by atoms with Gasteiger partial charge in [-0.1, -0.05) is 18.2 Å². The molecule has 4 nitrogen and oxygen atoms in total. The van der Waals surface area contributed by atoms with Crippen molar-refractivity contribution in [1.29, 1.82) is 0 Å². The fourth-order valence-corrected chi connectivity index (χ4v) is 4.41. The first-order valence-electron chi connectivity index (χ1n) is 8.55. The average Bonchev–Trinajstić information content (AvgIpc) is 3.12. The molecule has 0 amide bonds. The lowest BCUT2D eigenvalue weighted by Gasteiger charge is -2.17. The zero-order chi connectivity index (χ0) is 17.9. The van der Waals surface area contributed by atoms with Crippen LogP contribution in [0.5, 0.6) is 0 Å². The highest BCUT2D eigenvalue weighted by Crippen LogP contribution is 2.21. The fourth-order valence-electron chi connectivity index (χ4n) is 3.12. The van der Waals surface area contributed by atoms with E-state index in [0.29, 0.717) is 12.0 Å². The van der Waals surface area contributed by atoms with E-state index in [0.717, 1.165) is 24.7 Å². The van der Waals surface area contributed by atoms with E-state index < -0.39 is 15.8 Å². The number of benzene rings is 2. The molecule has 1 fully saturated rings. The Kier molecular flexibility index (Phi) is 5.39. The molecule has 3 rings (SSSR count). The Morgan fingerprint density at radius 2 is 1.76 bits per heavy atom. The first-order chi connectivity index (χ1) is 12.0. The van der Waals surface area contributed by atoms with Crippen molar-refractivity contribution < 1.29 is 12.8 Å². The number of hydrogen-bond acceptors (Lipinski definition) is 3. The van der Waals surface area contributed by atoms with E-state index in [9.17, 15) is 12.8 Å². The van der Waals surface area contributed by atoms with Crippen molar-refractivity contribution in [3.05, 3.63) is 59.4 Å². The molecule has 6 heteroatoms. The van der Waals surface area contributed by atoms with Gasteiger partial charge in [0.05, 0.1) is 4.90 Å². The maximum atomic E-state index is 13.3. The quantitative estimate of drug-likeness (QED) is 0.858. The summed E-state index contributed by atoms with van der Waals surface area (Å²) in [5, 5.41) is 0. The van der Waals surface area contributed by atoms with Crippen molar-refractivity contribution in [2.24, 2.45) is 0 Å². The molecular weight excluding hydrogens is 339 g/mol. The first-order valence-corrected chi connectivity index (χ1v) is 10.0. The van der Waals surface area contributed by atoms with Crippen LogP contribution in [0.2, 0.25) is 0 Å². The summed E-state index contributed by atoms with van der Waals surface area (Å²) in [6.07, 6.45) is 3.07. The number of halogens is 1. The van der Waals surface area contributed by atoms with Crippen LogP contribution in [0.3, 0.4) is 0 Å². The molecule has 25 heavy (non-hydrogen) atoms. The van der Waals surface area contributed by atoms with Gasteiger partial charge in [0.1, 0.15) is 5.82 Å². The zero-order valence-corrected chi connectivity index (χ0v) is 15.2. The number of sulfonamides is 1. The van der Waals surface area contributed by atoms with Crippen LogP contribution in [0.25, 0.3) is 0 Å². The molecule has 0 spiro atoms. The Hall–Kier alpha value is -1.92. The molecule has 0 atom stereocenters. The summed E-state index contributed by atoms with van der Waals surface area (Å²) in [5.41, 5.74) is 2.82. The molecule has 1 heterocycles. The Balaban J connectivity index is 1.59. The Labute approximate surface area is 148 Å². The topological polar surface area (TPSA) is 49.4 Å². The highest BCUT2D eigenvalue weighted by molar-refractivity contribution is 7.89. The lowest BCUT2D eigenvalue weighted by molar-refractivity contribution is 0.576. The van der Waals surface area contributed by atoms with E-state index in [1.165, 1.54) is 30.7 Å². The Morgan fingerprint density at radius 1 is 1.08 bits per heavy atom. The van der Waals surface area contributed by atoms with Gasteiger partial charge in [0.15, 0.2) is 0 Å². The second-order valence-electron chi connectivity index (χ2n) is 6.42. The highest BCUT2D eigenvalue weighted by atomic mass is 32.2. The molecule has 1 saturated heterocycles. The van der Waals surface area contributed by atoms with Gasteiger partial charge in [-0.05, 0) is 61.6 Å². The summed E-state index contributed by atoms with van der Waals surface area (Å²) in [7, 11) is -3.70. The van der Waals surface area contributed by atoms with Crippen molar-refractivity contribution >= 4 is 15.7 Å². The summed E-state index contributed by atoms with van der Waals surface area (Å²) >= 11 is 0. The second-order valence-corrected chi connectivity index (χ2v) is 8.15. The van der Waals surface area contributed by atoms with Gasteiger partial charge in [-0.3, -0.25) is 0 Å². The Bertz CT molecular complexity index is 829. The van der Waals surface area contributed by atoms with Gasteiger partial charge in [-0.2, -0.15) is 0 Å². The smallest absolute Gasteiger partial charge is 0.240 e. The maximum absolute atomic E-state index is 13.3. The van der Waals surface area contributed by atoms with Gasteiger partial charge in [0.2, 0.25) is 10.0 Å². The molecule has 0 aromatic heterocycles. The Morgan fingerprint density at radius 3 is 2.44 bits per heavy atom. The van der Waals surface area contributed by atoms with Crippen molar-refractivity contribution in [2.45, 2.75) is 31.1 Å². The molecule has 2 aromatic carbocycles. The van der Waals surface area contributed by atoms with Crippen LogP contribution < -0.4 is 9.62 Å². The van der Waals surface area contributed by atoms with Crippen LogP contribution in [0, 0.1) is 12.7 Å². The van der Waals surface area contributed by atoms with Gasteiger partial charge in [0, 0.05) is 25.3 Å². The SMILES string of the molecule is Cc1ccc(F)cc1S(=O)(=O)NCCc1ccc(N2CCCC2)cc1. The molecule has 134 valence electrons. The first kappa shape index (κ1) is 17.9. The molecule has 0 bridgehead atoms. The minimum Gasteiger partial charge on any atom is -0.372 e. The zero-order valence-electron chi connectivity index (χ0n) is 14.3. The van der Waals surface area contributed by atoms with E-state index in [2.05, 4.69) is 21.8 Å². The number of aryl methyl sites for hydroxylation is 1. The highest BCUT2D eigenvalue weighted by Gasteiger charge is 2.17. The summed E-state index contributed by atoms with van der Waals surface area (Å²) in [4.78, 5) is 2.36. The van der Waals surface area contributed by atoms with Gasteiger partial charge in [-0.15, -0.1) is 0 Å². The predicted molar refractivity (Wildman–Crippen MR) is 97.9 cm³/mol. The van der Waals surface area contributed by atoms with Crippen molar-refractivity contribution in [3.8, 4) is 0 Å². The van der Waals surface area contributed by atoms with Crippen LogP contribution >= 0.6 is 0 Å². The van der Waals surface area contributed by atoms with E-state index in [4.69, 9.17) is 0 Å². The number of nitrogens with one attached hydrogen (secondary N) is 1. The lowest BCUT2D eigenvalue weighted by Crippen LogP contribution is -2.26. The maximum Gasteiger partial charge on any atom is 0.240 e. The molecule has 1 aliphatic heterocycles. The molecule has 1 aliphatic rings. The van der Waals surface area contributed by atoms with Crippen LogP contribution in [-0.4, -0.2) is 28.1 Å². The second kappa shape index (κ2) is 7.54. The standard InChI is InChI=1S/C19H23FN2O2S/c1-15-4-7-17(20)14-19(15)25(23,24)21-11-10-16-5-8-18(9-6-16)22-12-2-3-13-22/h4-9,14,21H,2-3,10-13H2,1H3. The number of hydrogen-bond donors (Lipinski definition) is 1. The molecule has 0 radical (unpaired) electrons. The van der Waals surface area contributed by atoms with E-state index >= 15 is 0 Å². The number of rotatable bonds is 6. The van der Waals surface area contributed by atoms with E-state index in [1.807, 2.05) is 12.1 Å². The minimum absolute atomic E-state index is 0.00289. The summed E-state index contributed by atoms with van der Waals surface area (Å²) < 4.78 is 40.6. The van der Waals surface area contributed by atoms with Crippen molar-refractivity contribution in [2.75, 3.05) is 24.5 Å². The van der Waals surface area contributed by atoms with E-state index in [-0.39, 0.29) is 11.4 Å². The normalized spacial score (nSPS) is 14.9. The molecular formula is C19H23FN2O2S. The lowest BCUT2D eigenvalue weighted by atomic mass is 10.1. The summed E-state index contributed by atoms with van der Waals surface area (Å²) in [6, 6.07) is 12.0. The predicted octanol–water partition coefficient (Wildman–Crippen LogP) is 3.26. The van der Waals surface area contributed by atoms with Gasteiger partial charge >= 0.3 is 0 Å². The third-order valence-electron chi connectivity index (χ3n) is 4.55. The average molecular weight is 362 g/mol. The van der Waals surface area contributed by atoms with Gasteiger partial charge in [-0.25, -0.2) is 17.5 Å². The van der Waals surface area contributed by atoms with E-state index in [1.54, 1.807) is 6.92 Å². The van der Waals surface area contributed by atoms with Crippen molar-refractivity contribution in [1.82, 2.24) is 4.72 Å². The summed E-state index contributed by atoms with van der Waals surface area (Å²) in [6.45, 7) is 4.14. The fraction of sp³-hybridized carbons (Fsp3) is 0.368. The molecule has 0 saturated carbocycles.